The predicted molar refractivity (Wildman–Crippen MR) is 129 cm³/mol. The van der Waals surface area contributed by atoms with Crippen LogP contribution in [0, 0.1) is 0 Å². The number of aromatic amines is 2. The number of fused-ring (bicyclic) bond motifs is 1. The summed E-state index contributed by atoms with van der Waals surface area (Å²) in [6.07, 6.45) is 8.46. The first-order valence-electron chi connectivity index (χ1n) is 10.8. The number of thiophene rings is 1. The molecule has 1 amide bonds. The number of aromatic nitrogens is 6. The zero-order chi connectivity index (χ0) is 23.9. The molecule has 5 heterocycles. The lowest BCUT2D eigenvalue weighted by atomic mass is 10.3. The van der Waals surface area contributed by atoms with E-state index in [0.29, 0.717) is 32.6 Å². The molecule has 0 unspecified atom stereocenters. The van der Waals surface area contributed by atoms with Gasteiger partial charge in [0.2, 0.25) is 5.88 Å². The Morgan fingerprint density at radius 2 is 2.14 bits per heavy atom. The van der Waals surface area contributed by atoms with E-state index >= 15 is 0 Å². The molecule has 35 heavy (non-hydrogen) atoms. The summed E-state index contributed by atoms with van der Waals surface area (Å²) < 4.78 is 1.64. The van der Waals surface area contributed by atoms with Crippen LogP contribution in [0.2, 0.25) is 0 Å². The van der Waals surface area contributed by atoms with Gasteiger partial charge in [0.25, 0.3) is 5.91 Å². The normalized spacial score (nSPS) is 14.6. The summed E-state index contributed by atoms with van der Waals surface area (Å²) in [6, 6.07) is 9.22. The second-order valence-corrected chi connectivity index (χ2v) is 9.12. The van der Waals surface area contributed by atoms with E-state index in [1.54, 1.807) is 47.4 Å². The lowest BCUT2D eigenvalue weighted by Crippen LogP contribution is -2.19. The van der Waals surface area contributed by atoms with Crippen LogP contribution in [0.1, 0.15) is 28.2 Å². The average Bonchev–Trinajstić information content (AvgIpc) is 3.23. The van der Waals surface area contributed by atoms with Gasteiger partial charge < -0.3 is 15.4 Å². The molecule has 0 bridgehead atoms. The van der Waals surface area contributed by atoms with E-state index in [-0.39, 0.29) is 23.5 Å². The molecule has 5 aromatic heterocycles. The molecule has 0 saturated heterocycles. The van der Waals surface area contributed by atoms with Gasteiger partial charge in [0.15, 0.2) is 11.1 Å². The number of hydrogen-bond donors (Lipinski definition) is 4. The molecule has 0 aliphatic heterocycles. The summed E-state index contributed by atoms with van der Waals surface area (Å²) in [6.45, 7) is 0. The second-order valence-electron chi connectivity index (χ2n) is 8.04. The van der Waals surface area contributed by atoms with Crippen molar-refractivity contribution in [2.75, 3.05) is 5.32 Å². The van der Waals surface area contributed by atoms with Crippen molar-refractivity contribution in [3.8, 4) is 16.5 Å². The fourth-order valence-corrected chi connectivity index (χ4v) is 4.41. The van der Waals surface area contributed by atoms with E-state index in [2.05, 4.69) is 25.4 Å². The largest absolute Gasteiger partial charge is 0.493 e. The van der Waals surface area contributed by atoms with Gasteiger partial charge in [-0.25, -0.2) is 9.78 Å². The maximum atomic E-state index is 12.7. The van der Waals surface area contributed by atoms with Crippen molar-refractivity contribution in [1.82, 2.24) is 29.5 Å². The monoisotopic (exact) mass is 486 g/mol. The van der Waals surface area contributed by atoms with Crippen molar-refractivity contribution in [1.29, 1.82) is 0 Å². The van der Waals surface area contributed by atoms with Crippen LogP contribution in [0.3, 0.4) is 0 Å². The standard InChI is InChI=1S/C23H18N8O3S/c32-21-16(29-23(34)30-21)8-12-10-25-31-19(26-13-3-4-13)9-15(28-20(12)31)17-5-6-18(35-17)22(33)27-14-2-1-7-24-11-14/h1-2,5-11,13,32H,3-4H2,(H,27,33)(H2,29,30,34)/b12-8-,26-19?. The third kappa shape index (κ3) is 4.22. The summed E-state index contributed by atoms with van der Waals surface area (Å²) >= 11 is 1.31. The summed E-state index contributed by atoms with van der Waals surface area (Å²) in [5.74, 6) is -0.501. The molecule has 11 nitrogen and oxygen atoms in total. The van der Waals surface area contributed by atoms with Crippen LogP contribution in [0.5, 0.6) is 5.88 Å². The summed E-state index contributed by atoms with van der Waals surface area (Å²) in [4.78, 5) is 43.9. The molecule has 1 saturated carbocycles. The number of carbonyl (C=O) groups excluding carboxylic acids is 1. The van der Waals surface area contributed by atoms with E-state index < -0.39 is 5.69 Å². The first-order chi connectivity index (χ1) is 17.0. The average molecular weight is 487 g/mol. The molecule has 6 rings (SSSR count). The van der Waals surface area contributed by atoms with Crippen LogP contribution >= 0.6 is 11.3 Å². The fourth-order valence-electron chi connectivity index (χ4n) is 3.55. The van der Waals surface area contributed by atoms with Crippen molar-refractivity contribution in [3.63, 3.8) is 0 Å². The Hall–Kier alpha value is -4.58. The maximum absolute atomic E-state index is 12.7. The number of carbonyl (C=O) groups is 1. The van der Waals surface area contributed by atoms with Crippen LogP contribution in [-0.4, -0.2) is 46.6 Å². The molecule has 1 aliphatic carbocycles. The van der Waals surface area contributed by atoms with Crippen molar-refractivity contribution >= 4 is 34.7 Å². The molecule has 1 fully saturated rings. The van der Waals surface area contributed by atoms with E-state index in [1.807, 2.05) is 12.1 Å². The minimum Gasteiger partial charge on any atom is -0.493 e. The Kier molecular flexibility index (Phi) is 4.99. The third-order valence-corrected chi connectivity index (χ3v) is 6.49. The third-order valence-electron chi connectivity index (χ3n) is 5.38. The predicted octanol–water partition coefficient (Wildman–Crippen LogP) is 1.44. The van der Waals surface area contributed by atoms with Crippen LogP contribution in [0.25, 0.3) is 22.3 Å². The number of imidazole rings is 1. The van der Waals surface area contributed by atoms with Crippen molar-refractivity contribution < 1.29 is 9.90 Å². The van der Waals surface area contributed by atoms with Gasteiger partial charge in [0, 0.05) is 17.5 Å². The van der Waals surface area contributed by atoms with Gasteiger partial charge in [-0.05, 0) is 43.2 Å². The summed E-state index contributed by atoms with van der Waals surface area (Å²) in [5, 5.41) is 17.8. The highest BCUT2D eigenvalue weighted by Crippen LogP contribution is 2.27. The van der Waals surface area contributed by atoms with Gasteiger partial charge in [-0.2, -0.15) is 9.61 Å². The van der Waals surface area contributed by atoms with Crippen LogP contribution in [0.4, 0.5) is 5.69 Å². The molecule has 1 aliphatic rings. The van der Waals surface area contributed by atoms with E-state index in [0.717, 1.165) is 17.7 Å². The molecular weight excluding hydrogens is 468 g/mol. The smallest absolute Gasteiger partial charge is 0.326 e. The van der Waals surface area contributed by atoms with Gasteiger partial charge in [0.05, 0.1) is 39.6 Å². The van der Waals surface area contributed by atoms with Crippen LogP contribution in [0.15, 0.2) is 58.7 Å². The first-order valence-corrected chi connectivity index (χ1v) is 11.6. The molecular formula is C23H18N8O3S. The lowest BCUT2D eigenvalue weighted by Gasteiger charge is -2.02. The molecule has 4 N–H and O–H groups in total. The number of rotatable bonds is 5. The minimum atomic E-state index is -0.515. The SMILES string of the molecule is O=C(Nc1cccnc1)c1ccc(-c2cc(=NC3CC3)n3nc/c(=C/c4[nH]c(=O)[nH]c4O)c3n2)s1. The molecule has 0 radical (unpaired) electrons. The van der Waals surface area contributed by atoms with E-state index in [4.69, 9.17) is 9.98 Å². The quantitative estimate of drug-likeness (QED) is 0.295. The number of aromatic hydroxyl groups is 1. The Morgan fingerprint density at radius 3 is 2.89 bits per heavy atom. The molecule has 5 aromatic rings. The van der Waals surface area contributed by atoms with Crippen molar-refractivity contribution in [2.45, 2.75) is 18.9 Å². The fraction of sp³-hybridized carbons (Fsp3) is 0.130. The zero-order valence-electron chi connectivity index (χ0n) is 18.1. The summed E-state index contributed by atoms with van der Waals surface area (Å²) in [5.41, 5.74) is 2.13. The van der Waals surface area contributed by atoms with Gasteiger partial charge in [-0.3, -0.25) is 19.8 Å². The molecule has 12 heteroatoms. The highest BCUT2D eigenvalue weighted by Gasteiger charge is 2.21. The van der Waals surface area contributed by atoms with E-state index in [1.165, 1.54) is 11.3 Å². The topological polar surface area (TPSA) is 153 Å². The lowest BCUT2D eigenvalue weighted by molar-refractivity contribution is 0.103. The molecule has 0 atom stereocenters. The number of nitrogens with one attached hydrogen (secondary N) is 3. The van der Waals surface area contributed by atoms with Crippen molar-refractivity contribution in [3.05, 3.63) is 80.7 Å². The second kappa shape index (κ2) is 8.33. The number of nitrogens with zero attached hydrogens (tertiary/aromatic N) is 5. The van der Waals surface area contributed by atoms with Crippen LogP contribution < -0.4 is 21.7 Å². The van der Waals surface area contributed by atoms with Gasteiger partial charge in [-0.15, -0.1) is 11.3 Å². The van der Waals surface area contributed by atoms with Gasteiger partial charge in [-0.1, -0.05) is 0 Å². The first kappa shape index (κ1) is 21.0. The summed E-state index contributed by atoms with van der Waals surface area (Å²) in [7, 11) is 0. The van der Waals surface area contributed by atoms with Crippen molar-refractivity contribution in [2.24, 2.45) is 4.99 Å². The Labute approximate surface area is 200 Å². The maximum Gasteiger partial charge on any atom is 0.326 e. The molecule has 0 aromatic carbocycles. The Morgan fingerprint density at radius 1 is 1.26 bits per heavy atom. The number of pyridine rings is 1. The van der Waals surface area contributed by atoms with Gasteiger partial charge in [0.1, 0.15) is 5.69 Å². The number of hydrogen-bond acceptors (Lipinski definition) is 8. The minimum absolute atomic E-state index is 0.225. The number of amides is 1. The van der Waals surface area contributed by atoms with Crippen LogP contribution in [-0.2, 0) is 0 Å². The molecule has 0 spiro atoms. The number of anilines is 1. The molecule has 174 valence electrons. The Bertz CT molecular complexity index is 1740. The Balaban J connectivity index is 1.43. The number of H-pyrrole nitrogens is 2. The van der Waals surface area contributed by atoms with E-state index in [9.17, 15) is 14.7 Å². The zero-order valence-corrected chi connectivity index (χ0v) is 18.9. The highest BCUT2D eigenvalue weighted by atomic mass is 32.1. The van der Waals surface area contributed by atoms with Gasteiger partial charge >= 0.3 is 5.69 Å². The highest BCUT2D eigenvalue weighted by molar-refractivity contribution is 7.17.